The van der Waals surface area contributed by atoms with Crippen molar-refractivity contribution in [1.29, 1.82) is 0 Å². The molecule has 15 heteroatoms. The summed E-state index contributed by atoms with van der Waals surface area (Å²) < 4.78 is 11.0. The SMILES string of the molecule is COc1ccccc1N1CC[NH+](CCCCN2C(=O)c3ccccc3C2=O)CC1.COc1ccccc1N1CC[NH+](CCCCN2C(=O)c3ccccc3C2=O)CC1.O.[Br-].[Br-]. The number of anilines is 2. The van der Waals surface area contributed by atoms with Crippen LogP contribution in [0.3, 0.4) is 0 Å². The third-order valence-corrected chi connectivity index (χ3v) is 11.9. The molecule has 0 bridgehead atoms. The average Bonchev–Trinajstić information content (AvgIpc) is 3.67. The minimum atomic E-state index is -0.150. The minimum Gasteiger partial charge on any atom is -1.00 e. The van der Waals surface area contributed by atoms with Crippen molar-refractivity contribution in [1.82, 2.24) is 9.80 Å². The first-order chi connectivity index (χ1) is 28.4. The van der Waals surface area contributed by atoms with Crippen molar-refractivity contribution in [3.8, 4) is 11.5 Å². The molecule has 0 unspecified atom stereocenters. The zero-order valence-electron chi connectivity index (χ0n) is 35.0. The molecule has 2 saturated heterocycles. The van der Waals surface area contributed by atoms with Gasteiger partial charge in [0.1, 0.15) is 11.5 Å². The van der Waals surface area contributed by atoms with E-state index in [2.05, 4.69) is 34.1 Å². The maximum atomic E-state index is 12.4. The molecule has 0 saturated carbocycles. The predicted molar refractivity (Wildman–Crippen MR) is 227 cm³/mol. The number of amides is 4. The Morgan fingerprint density at radius 2 is 0.754 bits per heavy atom. The topological polar surface area (TPSA) is 140 Å². The van der Waals surface area contributed by atoms with Gasteiger partial charge in [-0.05, 0) is 74.2 Å². The molecular formula is C46H58Br2N6O7. The molecule has 8 rings (SSSR count). The quantitative estimate of drug-likeness (QED) is 0.0969. The summed E-state index contributed by atoms with van der Waals surface area (Å²) in [7, 11) is 3.43. The number of imide groups is 2. The second-order valence-electron chi connectivity index (χ2n) is 15.3. The Labute approximate surface area is 380 Å². The summed E-state index contributed by atoms with van der Waals surface area (Å²) >= 11 is 0. The number of halogens is 2. The summed E-state index contributed by atoms with van der Waals surface area (Å²) in [5.41, 5.74) is 4.48. The van der Waals surface area contributed by atoms with E-state index in [0.717, 1.165) is 103 Å². The van der Waals surface area contributed by atoms with Crippen LogP contribution in [-0.4, -0.2) is 132 Å². The number of quaternary nitrogens is 2. The van der Waals surface area contributed by atoms with Gasteiger partial charge in [0.2, 0.25) is 0 Å². The van der Waals surface area contributed by atoms with Crippen molar-refractivity contribution < 1.29 is 77.9 Å². The summed E-state index contributed by atoms with van der Waals surface area (Å²) in [4.78, 5) is 60.4. The summed E-state index contributed by atoms with van der Waals surface area (Å²) in [5, 5.41) is 0. The summed E-state index contributed by atoms with van der Waals surface area (Å²) in [5.74, 6) is 1.26. The Kier molecular flexibility index (Phi) is 18.8. The average molecular weight is 967 g/mol. The van der Waals surface area contributed by atoms with E-state index in [1.54, 1.807) is 48.3 Å². The van der Waals surface area contributed by atoms with Crippen LogP contribution in [0, 0.1) is 0 Å². The number of unbranched alkanes of at least 4 members (excludes halogenated alkanes) is 2. The van der Waals surface area contributed by atoms with Crippen LogP contribution in [0.15, 0.2) is 97.1 Å². The molecule has 4 aromatic rings. The second kappa shape index (κ2) is 23.4. The molecule has 4 aliphatic rings. The number of para-hydroxylation sites is 4. The van der Waals surface area contributed by atoms with Crippen molar-refractivity contribution in [3.63, 3.8) is 0 Å². The zero-order chi connectivity index (χ0) is 40.4. The van der Waals surface area contributed by atoms with Crippen LogP contribution in [-0.2, 0) is 0 Å². The van der Waals surface area contributed by atoms with Gasteiger partial charge in [-0.3, -0.25) is 29.0 Å². The van der Waals surface area contributed by atoms with Gasteiger partial charge in [0.25, 0.3) is 23.6 Å². The molecule has 4 aromatic carbocycles. The smallest absolute Gasteiger partial charge is 0.261 e. The fraction of sp³-hybridized carbons (Fsp3) is 0.391. The van der Waals surface area contributed by atoms with Gasteiger partial charge in [0.15, 0.2) is 0 Å². The van der Waals surface area contributed by atoms with Gasteiger partial charge in [-0.1, -0.05) is 48.5 Å². The van der Waals surface area contributed by atoms with Crippen LogP contribution in [0.4, 0.5) is 11.4 Å². The first kappa shape index (κ1) is 48.9. The van der Waals surface area contributed by atoms with E-state index >= 15 is 0 Å². The fourth-order valence-corrected chi connectivity index (χ4v) is 8.58. The third-order valence-electron chi connectivity index (χ3n) is 11.9. The number of fused-ring (bicyclic) bond motifs is 2. The van der Waals surface area contributed by atoms with Crippen molar-refractivity contribution in [2.75, 3.05) is 103 Å². The number of benzene rings is 4. The van der Waals surface area contributed by atoms with Gasteiger partial charge >= 0.3 is 0 Å². The molecule has 0 atom stereocenters. The number of carbonyl (C=O) groups is 4. The van der Waals surface area contributed by atoms with Crippen LogP contribution >= 0.6 is 0 Å². The molecule has 4 aliphatic heterocycles. The molecule has 0 aromatic heterocycles. The Morgan fingerprint density at radius 1 is 0.459 bits per heavy atom. The van der Waals surface area contributed by atoms with Crippen LogP contribution in [0.25, 0.3) is 0 Å². The molecular weight excluding hydrogens is 908 g/mol. The normalized spacial score (nSPS) is 16.2. The number of hydrogen-bond acceptors (Lipinski definition) is 8. The number of ether oxygens (including phenoxy) is 2. The summed E-state index contributed by atoms with van der Waals surface area (Å²) in [6.45, 7) is 11.5. The molecule has 0 spiro atoms. The number of hydrogen-bond donors (Lipinski definition) is 2. The Balaban J connectivity index is 0.000000256. The Morgan fingerprint density at radius 3 is 1.07 bits per heavy atom. The molecule has 0 radical (unpaired) electrons. The minimum absolute atomic E-state index is 0. The largest absolute Gasteiger partial charge is 1.00 e. The van der Waals surface area contributed by atoms with Crippen LogP contribution in [0.1, 0.15) is 67.1 Å². The molecule has 328 valence electrons. The lowest BCUT2D eigenvalue weighted by Crippen LogP contribution is -3.14. The van der Waals surface area contributed by atoms with Crippen LogP contribution in [0.5, 0.6) is 11.5 Å². The predicted octanol–water partition coefficient (Wildman–Crippen LogP) is -3.86. The molecule has 0 aliphatic carbocycles. The maximum Gasteiger partial charge on any atom is 0.261 e. The van der Waals surface area contributed by atoms with Crippen molar-refractivity contribution in [3.05, 3.63) is 119 Å². The Hall–Kier alpha value is -4.80. The molecule has 4 N–H and O–H groups in total. The van der Waals surface area contributed by atoms with Gasteiger partial charge in [-0.15, -0.1) is 0 Å². The highest BCUT2D eigenvalue weighted by Crippen LogP contribution is 2.29. The highest BCUT2D eigenvalue weighted by Gasteiger charge is 2.36. The number of carbonyl (C=O) groups excluding carboxylic acids is 4. The fourth-order valence-electron chi connectivity index (χ4n) is 8.58. The second-order valence-corrected chi connectivity index (χ2v) is 15.3. The van der Waals surface area contributed by atoms with Crippen molar-refractivity contribution in [2.45, 2.75) is 25.7 Å². The lowest BCUT2D eigenvalue weighted by molar-refractivity contribution is -0.900. The van der Waals surface area contributed by atoms with Gasteiger partial charge < -0.3 is 68.5 Å². The van der Waals surface area contributed by atoms with E-state index in [-0.39, 0.29) is 63.1 Å². The Bertz CT molecular complexity index is 1870. The number of rotatable bonds is 14. The third kappa shape index (κ3) is 11.4. The van der Waals surface area contributed by atoms with E-state index < -0.39 is 0 Å². The van der Waals surface area contributed by atoms with Crippen LogP contribution < -0.4 is 63.0 Å². The van der Waals surface area contributed by atoms with Crippen LogP contribution in [0.2, 0.25) is 0 Å². The van der Waals surface area contributed by atoms with Gasteiger partial charge in [-0.25, -0.2) is 0 Å². The number of methoxy groups -OCH3 is 2. The summed E-state index contributed by atoms with van der Waals surface area (Å²) in [6, 6.07) is 30.5. The van der Waals surface area contributed by atoms with Gasteiger partial charge in [0, 0.05) is 13.1 Å². The highest BCUT2D eigenvalue weighted by molar-refractivity contribution is 6.22. The molecule has 4 heterocycles. The number of piperazine rings is 2. The first-order valence-corrected chi connectivity index (χ1v) is 20.7. The standard InChI is InChI=1S/2C23H27N3O3.2BrH.H2O/c2*1-29-21-11-5-4-10-20(21)25-16-14-24(15-17-25)12-6-7-13-26-22(27)18-8-2-3-9-19(18)23(26)28;;;/h2*2-5,8-11H,6-7,12-17H2,1H3;2*1H;1H2. The molecule has 13 nitrogen and oxygen atoms in total. The zero-order valence-corrected chi connectivity index (χ0v) is 38.2. The first-order valence-electron chi connectivity index (χ1n) is 20.7. The maximum absolute atomic E-state index is 12.4. The van der Waals surface area contributed by atoms with Crippen molar-refractivity contribution in [2.24, 2.45) is 0 Å². The molecule has 2 fully saturated rings. The molecule has 61 heavy (non-hydrogen) atoms. The van der Waals surface area contributed by atoms with E-state index in [1.165, 1.54) is 21.2 Å². The lowest BCUT2D eigenvalue weighted by Gasteiger charge is -2.34. The number of nitrogens with zero attached hydrogens (tertiary/aromatic N) is 4. The molecule has 4 amide bonds. The highest BCUT2D eigenvalue weighted by atomic mass is 79.9. The van der Waals surface area contributed by atoms with Crippen molar-refractivity contribution >= 4 is 35.0 Å². The number of nitrogens with one attached hydrogen (secondary N) is 2. The van der Waals surface area contributed by atoms with Gasteiger partial charge in [0.05, 0.1) is 113 Å². The van der Waals surface area contributed by atoms with E-state index in [9.17, 15) is 19.2 Å². The van der Waals surface area contributed by atoms with Gasteiger partial charge in [-0.2, -0.15) is 0 Å². The van der Waals surface area contributed by atoms with E-state index in [0.29, 0.717) is 35.3 Å². The monoisotopic (exact) mass is 964 g/mol. The van der Waals surface area contributed by atoms with E-state index in [1.807, 2.05) is 48.5 Å². The lowest BCUT2D eigenvalue weighted by atomic mass is 10.1. The van der Waals surface area contributed by atoms with E-state index in [4.69, 9.17) is 9.47 Å². The summed E-state index contributed by atoms with van der Waals surface area (Å²) in [6.07, 6.45) is 3.73.